The lowest BCUT2D eigenvalue weighted by molar-refractivity contribution is 0.552. The summed E-state index contributed by atoms with van der Waals surface area (Å²) in [6.45, 7) is 5.83. The van der Waals surface area contributed by atoms with Crippen LogP contribution in [-0.4, -0.2) is 13.5 Å². The summed E-state index contributed by atoms with van der Waals surface area (Å²) in [6, 6.07) is 1.61. The molecule has 1 heterocycles. The van der Waals surface area contributed by atoms with E-state index in [1.165, 1.54) is 4.57 Å². The highest BCUT2D eigenvalue weighted by Crippen LogP contribution is 2.43. The van der Waals surface area contributed by atoms with Gasteiger partial charge in [-0.3, -0.25) is 4.79 Å². The molecule has 2 atom stereocenters. The molecule has 1 N–H and O–H groups in total. The summed E-state index contributed by atoms with van der Waals surface area (Å²) in [6.07, 6.45) is 4.00. The maximum Gasteiger partial charge on any atom is 0.250 e. The first-order valence-corrected chi connectivity index (χ1v) is 8.68. The van der Waals surface area contributed by atoms with E-state index < -0.39 is 11.0 Å². The van der Waals surface area contributed by atoms with E-state index in [0.29, 0.717) is 5.92 Å². The van der Waals surface area contributed by atoms with Crippen LogP contribution in [0.5, 0.6) is 0 Å². The van der Waals surface area contributed by atoms with Gasteiger partial charge in [0.15, 0.2) is 0 Å². The molecule has 0 unspecified atom stereocenters. The molecule has 1 aliphatic carbocycles. The van der Waals surface area contributed by atoms with Gasteiger partial charge in [-0.25, -0.2) is 8.93 Å². The highest BCUT2D eigenvalue weighted by atomic mass is 79.9. The SMILES string of the molecule is Cn1cc(Br)c([C@@H](N[S@@](=O)C(C)(C)C)C2CC2)cc1=O. The Hall–Kier alpha value is -0.460. The summed E-state index contributed by atoms with van der Waals surface area (Å²) < 4.78 is 17.7. The van der Waals surface area contributed by atoms with Crippen LogP contribution in [0, 0.1) is 5.92 Å². The normalized spacial score (nSPS) is 18.9. The first-order chi connectivity index (χ1) is 9.20. The molecule has 0 amide bonds. The van der Waals surface area contributed by atoms with Crippen molar-refractivity contribution >= 4 is 26.9 Å². The maximum atomic E-state index is 12.3. The molecular weight excluding hydrogens is 340 g/mol. The first-order valence-electron chi connectivity index (χ1n) is 6.74. The summed E-state index contributed by atoms with van der Waals surface area (Å²) in [7, 11) is 0.578. The van der Waals surface area contributed by atoms with Gasteiger partial charge in [-0.15, -0.1) is 0 Å². The largest absolute Gasteiger partial charge is 0.317 e. The van der Waals surface area contributed by atoms with E-state index in [0.717, 1.165) is 22.9 Å². The summed E-state index contributed by atoms with van der Waals surface area (Å²) in [4.78, 5) is 11.9. The average Bonchev–Trinajstić information content (AvgIpc) is 3.13. The predicted molar refractivity (Wildman–Crippen MR) is 85.9 cm³/mol. The van der Waals surface area contributed by atoms with Crippen LogP contribution in [0.2, 0.25) is 0 Å². The van der Waals surface area contributed by atoms with Crippen molar-refractivity contribution in [1.82, 2.24) is 9.29 Å². The van der Waals surface area contributed by atoms with Crippen LogP contribution < -0.4 is 10.3 Å². The third-order valence-corrected chi connectivity index (χ3v) is 5.67. The lowest BCUT2D eigenvalue weighted by Gasteiger charge is -2.25. The summed E-state index contributed by atoms with van der Waals surface area (Å²) >= 11 is 3.52. The first kappa shape index (κ1) is 15.9. The highest BCUT2D eigenvalue weighted by molar-refractivity contribution is 9.10. The van der Waals surface area contributed by atoms with Gasteiger partial charge in [0.05, 0.1) is 15.7 Å². The van der Waals surface area contributed by atoms with Crippen LogP contribution in [-0.2, 0) is 18.0 Å². The van der Waals surface area contributed by atoms with E-state index in [9.17, 15) is 9.00 Å². The standard InChI is InChI=1S/C14H21BrN2O2S/c1-14(2,3)20(19)16-13(9-5-6-9)10-7-12(18)17(4)8-11(10)15/h7-9,13,16H,5-6H2,1-4H3/t13-,20-/m0/s1. The molecule has 1 aromatic rings. The zero-order chi connectivity index (χ0) is 15.1. The second kappa shape index (κ2) is 5.73. The summed E-state index contributed by atoms with van der Waals surface area (Å²) in [5, 5.41) is 0. The third-order valence-electron chi connectivity index (χ3n) is 3.43. The van der Waals surface area contributed by atoms with Crippen LogP contribution in [0.25, 0.3) is 0 Å². The zero-order valence-corrected chi connectivity index (χ0v) is 14.7. The quantitative estimate of drug-likeness (QED) is 0.897. The number of hydrogen-bond donors (Lipinski definition) is 1. The number of hydrogen-bond acceptors (Lipinski definition) is 2. The minimum atomic E-state index is -1.15. The molecule has 0 radical (unpaired) electrons. The summed E-state index contributed by atoms with van der Waals surface area (Å²) in [5.41, 5.74) is 0.866. The van der Waals surface area contributed by atoms with Crippen molar-refractivity contribution < 1.29 is 4.21 Å². The molecule has 2 rings (SSSR count). The van der Waals surface area contributed by atoms with Crippen LogP contribution in [0.4, 0.5) is 0 Å². The number of nitrogens with zero attached hydrogens (tertiary/aromatic N) is 1. The van der Waals surface area contributed by atoms with Crippen molar-refractivity contribution in [3.05, 3.63) is 32.7 Å². The zero-order valence-electron chi connectivity index (χ0n) is 12.3. The molecule has 1 saturated carbocycles. The van der Waals surface area contributed by atoms with E-state index in [4.69, 9.17) is 0 Å². The molecule has 0 aliphatic heterocycles. The Morgan fingerprint density at radius 2 is 2.05 bits per heavy atom. The lowest BCUT2D eigenvalue weighted by Crippen LogP contribution is -2.37. The van der Waals surface area contributed by atoms with E-state index >= 15 is 0 Å². The van der Waals surface area contributed by atoms with Crippen molar-refractivity contribution in [3.63, 3.8) is 0 Å². The smallest absolute Gasteiger partial charge is 0.250 e. The number of nitrogens with one attached hydrogen (secondary N) is 1. The van der Waals surface area contributed by atoms with Crippen molar-refractivity contribution in [1.29, 1.82) is 0 Å². The number of halogens is 1. The number of aryl methyl sites for hydroxylation is 1. The molecule has 20 heavy (non-hydrogen) atoms. The van der Waals surface area contributed by atoms with Crippen LogP contribution in [0.1, 0.15) is 45.2 Å². The van der Waals surface area contributed by atoms with Gasteiger partial charge in [0.25, 0.3) is 5.56 Å². The maximum absolute atomic E-state index is 12.3. The Morgan fingerprint density at radius 3 is 2.55 bits per heavy atom. The molecule has 0 bridgehead atoms. The van der Waals surface area contributed by atoms with Gasteiger partial charge in [-0.2, -0.15) is 0 Å². The molecule has 6 heteroatoms. The predicted octanol–water partition coefficient (Wildman–Crippen LogP) is 2.65. The number of rotatable bonds is 4. The molecule has 0 aromatic carbocycles. The van der Waals surface area contributed by atoms with Crippen molar-refractivity contribution in [2.45, 2.75) is 44.4 Å². The van der Waals surface area contributed by atoms with Gasteiger partial charge >= 0.3 is 0 Å². The van der Waals surface area contributed by atoms with Gasteiger partial charge < -0.3 is 4.57 Å². The van der Waals surface area contributed by atoms with Crippen molar-refractivity contribution in [3.8, 4) is 0 Å². The fourth-order valence-corrected chi connectivity index (χ4v) is 3.56. The average molecular weight is 361 g/mol. The molecule has 112 valence electrons. The van der Waals surface area contributed by atoms with E-state index in [1.807, 2.05) is 20.8 Å². The monoisotopic (exact) mass is 360 g/mol. The van der Waals surface area contributed by atoms with Crippen LogP contribution in [0.15, 0.2) is 21.5 Å². The Bertz CT molecular complexity index is 588. The van der Waals surface area contributed by atoms with Crippen molar-refractivity contribution in [2.24, 2.45) is 13.0 Å². The Morgan fingerprint density at radius 1 is 1.45 bits per heavy atom. The second-order valence-electron chi connectivity index (χ2n) is 6.34. The third kappa shape index (κ3) is 3.59. The minimum Gasteiger partial charge on any atom is -0.317 e. The molecule has 1 aromatic heterocycles. The fourth-order valence-electron chi connectivity index (χ4n) is 1.99. The van der Waals surface area contributed by atoms with Gasteiger partial charge in [-0.05, 0) is 61.0 Å². The molecule has 1 aliphatic rings. The molecule has 0 spiro atoms. The highest BCUT2D eigenvalue weighted by Gasteiger charge is 2.36. The molecule has 1 fully saturated rings. The van der Waals surface area contributed by atoms with Crippen LogP contribution >= 0.6 is 15.9 Å². The molecule has 0 saturated heterocycles. The van der Waals surface area contributed by atoms with Crippen LogP contribution in [0.3, 0.4) is 0 Å². The number of pyridine rings is 1. The van der Waals surface area contributed by atoms with E-state index in [2.05, 4.69) is 20.7 Å². The van der Waals surface area contributed by atoms with Gasteiger partial charge in [-0.1, -0.05) is 0 Å². The van der Waals surface area contributed by atoms with Gasteiger partial charge in [0, 0.05) is 29.8 Å². The molecule has 4 nitrogen and oxygen atoms in total. The van der Waals surface area contributed by atoms with Gasteiger partial charge in [0.2, 0.25) is 0 Å². The topological polar surface area (TPSA) is 51.1 Å². The van der Waals surface area contributed by atoms with Gasteiger partial charge in [0.1, 0.15) is 0 Å². The Kier molecular flexibility index (Phi) is 4.56. The van der Waals surface area contributed by atoms with E-state index in [-0.39, 0.29) is 16.3 Å². The Labute approximate surface area is 130 Å². The minimum absolute atomic E-state index is 0.0293. The second-order valence-corrected chi connectivity index (χ2v) is 9.19. The number of aromatic nitrogens is 1. The Balaban J connectivity index is 2.33. The summed E-state index contributed by atoms with van der Waals surface area (Å²) in [5.74, 6) is 0.463. The fraction of sp³-hybridized carbons (Fsp3) is 0.643. The lowest BCUT2D eigenvalue weighted by atomic mass is 10.1. The molecular formula is C14H21BrN2O2S. The van der Waals surface area contributed by atoms with Crippen molar-refractivity contribution in [2.75, 3.05) is 0 Å². The van der Waals surface area contributed by atoms with E-state index in [1.54, 1.807) is 19.3 Å².